The fourth-order valence-corrected chi connectivity index (χ4v) is 1.71. The number of ether oxygens (including phenoxy) is 1. The minimum absolute atomic E-state index is 0.299. The van der Waals surface area contributed by atoms with Crippen LogP contribution in [0.2, 0.25) is 0 Å². The molecule has 2 aromatic rings. The molecule has 88 valence electrons. The van der Waals surface area contributed by atoms with Gasteiger partial charge in [-0.25, -0.2) is 4.79 Å². The van der Waals surface area contributed by atoms with Crippen LogP contribution in [0.3, 0.4) is 0 Å². The van der Waals surface area contributed by atoms with E-state index in [0.29, 0.717) is 11.1 Å². The first-order chi connectivity index (χ1) is 8.74. The zero-order chi connectivity index (χ0) is 13.0. The summed E-state index contributed by atoms with van der Waals surface area (Å²) in [6, 6.07) is 15.5. The average molecular weight is 237 g/mol. The molecule has 0 radical (unpaired) electrons. The molecule has 2 rings (SSSR count). The summed E-state index contributed by atoms with van der Waals surface area (Å²) in [5, 5.41) is 11.2. The molecule has 0 saturated heterocycles. The molecule has 0 aliphatic carbocycles. The number of rotatable bonds is 2. The van der Waals surface area contributed by atoms with E-state index in [1.54, 1.807) is 0 Å². The van der Waals surface area contributed by atoms with Gasteiger partial charge in [0, 0.05) is 6.08 Å². The van der Waals surface area contributed by atoms with Crippen LogP contribution in [0.5, 0.6) is 0 Å². The molecular formula is C15H11NO2. The quantitative estimate of drug-likeness (QED) is 0.458. The summed E-state index contributed by atoms with van der Waals surface area (Å²) in [5.74, 6) is -0.528. The Kier molecular flexibility index (Phi) is 3.40. The fraction of sp³-hybridized carbons (Fsp3) is 0.0667. The minimum Gasteiger partial charge on any atom is -0.466 e. The highest BCUT2D eigenvalue weighted by atomic mass is 16.5. The Morgan fingerprint density at radius 3 is 2.61 bits per heavy atom. The molecule has 0 N–H and O–H groups in total. The van der Waals surface area contributed by atoms with Crippen molar-refractivity contribution in [2.24, 2.45) is 0 Å². The van der Waals surface area contributed by atoms with E-state index in [2.05, 4.69) is 4.74 Å². The van der Waals surface area contributed by atoms with Gasteiger partial charge in [-0.2, -0.15) is 5.26 Å². The lowest BCUT2D eigenvalue weighted by Crippen LogP contribution is -1.96. The highest BCUT2D eigenvalue weighted by Gasteiger charge is 2.05. The highest BCUT2D eigenvalue weighted by molar-refractivity contribution is 5.97. The Morgan fingerprint density at radius 1 is 1.22 bits per heavy atom. The summed E-state index contributed by atoms with van der Waals surface area (Å²) in [5.41, 5.74) is 1.01. The van der Waals surface area contributed by atoms with E-state index in [-0.39, 0.29) is 0 Å². The van der Waals surface area contributed by atoms with Gasteiger partial charge < -0.3 is 4.74 Å². The molecule has 0 aliphatic heterocycles. The molecule has 0 aromatic heterocycles. The van der Waals surface area contributed by atoms with Gasteiger partial charge in [0.15, 0.2) is 0 Å². The molecule has 0 heterocycles. The van der Waals surface area contributed by atoms with Crippen molar-refractivity contribution in [1.82, 2.24) is 0 Å². The second kappa shape index (κ2) is 5.15. The van der Waals surface area contributed by atoms with E-state index < -0.39 is 5.97 Å². The fourth-order valence-electron chi connectivity index (χ4n) is 1.71. The van der Waals surface area contributed by atoms with Gasteiger partial charge in [0.2, 0.25) is 0 Å². The Bertz CT molecular complexity index is 665. The zero-order valence-corrected chi connectivity index (χ0v) is 9.88. The van der Waals surface area contributed by atoms with Crippen molar-refractivity contribution in [2.75, 3.05) is 7.11 Å². The van der Waals surface area contributed by atoms with Gasteiger partial charge in [-0.15, -0.1) is 0 Å². The van der Waals surface area contributed by atoms with Crippen molar-refractivity contribution in [1.29, 1.82) is 5.26 Å². The largest absolute Gasteiger partial charge is 0.466 e. The van der Waals surface area contributed by atoms with Gasteiger partial charge in [-0.3, -0.25) is 0 Å². The number of carbonyl (C=O) groups excluding carboxylic acids is 1. The normalized spacial score (nSPS) is 11.0. The van der Waals surface area contributed by atoms with E-state index in [1.807, 2.05) is 48.5 Å². The molecule has 18 heavy (non-hydrogen) atoms. The third-order valence-electron chi connectivity index (χ3n) is 2.64. The first kappa shape index (κ1) is 11.9. The standard InChI is InChI=1S/C15H11NO2/c1-18-15(17)9-14(10-16)13-7-6-11-4-2-3-5-12(11)8-13/h2-9H,1H3/b14-9+. The summed E-state index contributed by atoms with van der Waals surface area (Å²) in [6.07, 6.45) is 1.20. The molecule has 2 aromatic carbocycles. The maximum atomic E-state index is 11.2. The summed E-state index contributed by atoms with van der Waals surface area (Å²) < 4.78 is 4.53. The van der Waals surface area contributed by atoms with E-state index >= 15 is 0 Å². The maximum absolute atomic E-state index is 11.2. The number of hydrogen-bond acceptors (Lipinski definition) is 3. The summed E-state index contributed by atoms with van der Waals surface area (Å²) in [6.45, 7) is 0. The molecule has 0 spiro atoms. The van der Waals surface area contributed by atoms with Crippen LogP contribution in [0.15, 0.2) is 48.5 Å². The van der Waals surface area contributed by atoms with Gasteiger partial charge in [-0.1, -0.05) is 36.4 Å². The van der Waals surface area contributed by atoms with Gasteiger partial charge in [0.05, 0.1) is 12.7 Å². The third-order valence-corrected chi connectivity index (χ3v) is 2.64. The van der Waals surface area contributed by atoms with E-state index in [4.69, 9.17) is 5.26 Å². The molecule has 0 atom stereocenters. The molecular weight excluding hydrogens is 226 g/mol. The monoisotopic (exact) mass is 237 g/mol. The molecule has 3 nitrogen and oxygen atoms in total. The van der Waals surface area contributed by atoms with E-state index in [0.717, 1.165) is 10.8 Å². The number of methoxy groups -OCH3 is 1. The van der Waals surface area contributed by atoms with Gasteiger partial charge in [0.1, 0.15) is 6.07 Å². The lowest BCUT2D eigenvalue weighted by Gasteiger charge is -2.02. The number of esters is 1. The van der Waals surface area contributed by atoms with Crippen molar-refractivity contribution in [3.8, 4) is 6.07 Å². The topological polar surface area (TPSA) is 50.1 Å². The number of benzene rings is 2. The van der Waals surface area contributed by atoms with Crippen LogP contribution < -0.4 is 0 Å². The lowest BCUT2D eigenvalue weighted by atomic mass is 10.0. The third kappa shape index (κ3) is 2.38. The van der Waals surface area contributed by atoms with Crippen LogP contribution in [-0.2, 0) is 9.53 Å². The van der Waals surface area contributed by atoms with E-state index in [1.165, 1.54) is 13.2 Å². The van der Waals surface area contributed by atoms with Crippen LogP contribution in [-0.4, -0.2) is 13.1 Å². The second-order valence-corrected chi connectivity index (χ2v) is 3.75. The van der Waals surface area contributed by atoms with Gasteiger partial charge in [0.25, 0.3) is 0 Å². The Labute approximate surface area is 105 Å². The number of hydrogen-bond donors (Lipinski definition) is 0. The molecule has 0 amide bonds. The molecule has 0 aliphatic rings. The first-order valence-corrected chi connectivity index (χ1v) is 5.43. The second-order valence-electron chi connectivity index (χ2n) is 3.75. The Morgan fingerprint density at radius 2 is 1.94 bits per heavy atom. The number of nitrogens with zero attached hydrogens (tertiary/aromatic N) is 1. The predicted octanol–water partition coefficient (Wildman–Crippen LogP) is 2.92. The predicted molar refractivity (Wildman–Crippen MR) is 69.6 cm³/mol. The average Bonchev–Trinajstić information content (AvgIpc) is 2.44. The van der Waals surface area contributed by atoms with Crippen LogP contribution in [0.1, 0.15) is 5.56 Å². The molecule has 3 heteroatoms. The summed E-state index contributed by atoms with van der Waals surface area (Å²) >= 11 is 0. The number of nitriles is 1. The van der Waals surface area contributed by atoms with Crippen molar-refractivity contribution in [3.05, 3.63) is 54.1 Å². The van der Waals surface area contributed by atoms with Crippen LogP contribution in [0.25, 0.3) is 16.3 Å². The summed E-state index contributed by atoms with van der Waals surface area (Å²) in [7, 11) is 1.29. The maximum Gasteiger partial charge on any atom is 0.331 e. The molecule has 0 fully saturated rings. The minimum atomic E-state index is -0.528. The van der Waals surface area contributed by atoms with Crippen LogP contribution in [0.4, 0.5) is 0 Å². The van der Waals surface area contributed by atoms with Crippen molar-refractivity contribution in [3.63, 3.8) is 0 Å². The van der Waals surface area contributed by atoms with Gasteiger partial charge >= 0.3 is 5.97 Å². The van der Waals surface area contributed by atoms with Crippen LogP contribution >= 0.6 is 0 Å². The van der Waals surface area contributed by atoms with Crippen molar-refractivity contribution in [2.45, 2.75) is 0 Å². The van der Waals surface area contributed by atoms with E-state index in [9.17, 15) is 4.79 Å². The smallest absolute Gasteiger partial charge is 0.331 e. The Hall–Kier alpha value is -2.60. The Balaban J connectivity index is 2.50. The van der Waals surface area contributed by atoms with Crippen LogP contribution in [0, 0.1) is 11.3 Å². The number of allylic oxidation sites excluding steroid dienone is 1. The highest BCUT2D eigenvalue weighted by Crippen LogP contribution is 2.20. The molecule has 0 saturated carbocycles. The molecule has 0 unspecified atom stereocenters. The SMILES string of the molecule is COC(=O)/C=C(\C#N)c1ccc2ccccc2c1. The van der Waals surface area contributed by atoms with Crippen molar-refractivity contribution >= 4 is 22.3 Å². The van der Waals surface area contributed by atoms with Gasteiger partial charge in [-0.05, 0) is 22.4 Å². The zero-order valence-electron chi connectivity index (χ0n) is 9.88. The summed E-state index contributed by atoms with van der Waals surface area (Å²) in [4.78, 5) is 11.2. The number of carbonyl (C=O) groups is 1. The number of fused-ring (bicyclic) bond motifs is 1. The molecule has 0 bridgehead atoms. The first-order valence-electron chi connectivity index (χ1n) is 5.43. The lowest BCUT2D eigenvalue weighted by molar-refractivity contribution is -0.134. The van der Waals surface area contributed by atoms with Crippen molar-refractivity contribution < 1.29 is 9.53 Å².